The lowest BCUT2D eigenvalue weighted by atomic mass is 9.96. The maximum atomic E-state index is 6.22. The van der Waals surface area contributed by atoms with Gasteiger partial charge in [-0.2, -0.15) is 0 Å². The molecule has 0 spiro atoms. The molecule has 0 saturated carbocycles. The monoisotopic (exact) mass is 1800 g/mol. The van der Waals surface area contributed by atoms with Gasteiger partial charge in [0, 0.05) is 153 Å². The summed E-state index contributed by atoms with van der Waals surface area (Å²) in [5.74, 6) is 2.48. The maximum Gasteiger partial charge on any atom is 0.142 e. The van der Waals surface area contributed by atoms with Crippen LogP contribution in [0.3, 0.4) is 0 Å². The molecule has 4 N–H and O–H groups in total. The van der Waals surface area contributed by atoms with Crippen LogP contribution < -0.4 is 22.0 Å². The molecule has 32 heteroatoms. The fourth-order valence-corrected chi connectivity index (χ4v) is 15.0. The smallest absolute Gasteiger partial charge is 0.142 e. The van der Waals surface area contributed by atoms with Crippen molar-refractivity contribution in [2.75, 3.05) is 321 Å². The highest BCUT2D eigenvalue weighted by molar-refractivity contribution is 6.02. The minimum Gasteiger partial charge on any atom is -0.382 e. The number of aromatic nitrogens is 4. The van der Waals surface area contributed by atoms with Crippen molar-refractivity contribution in [1.82, 2.24) is 19.9 Å². The maximum absolute atomic E-state index is 6.22. The van der Waals surface area contributed by atoms with Crippen molar-refractivity contribution in [3.8, 4) is 0 Å². The molecule has 5 heterocycles. The van der Waals surface area contributed by atoms with Crippen LogP contribution in [0.4, 0.5) is 23.3 Å². The summed E-state index contributed by atoms with van der Waals surface area (Å²) in [6.07, 6.45) is 11.9. The van der Waals surface area contributed by atoms with Gasteiger partial charge in [0.2, 0.25) is 0 Å². The van der Waals surface area contributed by atoms with Crippen LogP contribution in [0.1, 0.15) is 95.9 Å². The zero-order valence-electron chi connectivity index (χ0n) is 77.8. The van der Waals surface area contributed by atoms with E-state index < -0.39 is 0 Å². The van der Waals surface area contributed by atoms with Crippen LogP contribution in [0.25, 0.3) is 43.1 Å². The van der Waals surface area contributed by atoms with E-state index in [4.69, 9.17) is 134 Å². The lowest BCUT2D eigenvalue weighted by Crippen LogP contribution is -2.10. The average Bonchev–Trinajstić information content (AvgIpc) is 1.59. The minimum atomic E-state index is 0.471. The van der Waals surface area contributed by atoms with E-state index in [-0.39, 0.29) is 0 Å². The molecule has 0 unspecified atom stereocenters. The van der Waals surface area contributed by atoms with Crippen LogP contribution in [0.5, 0.6) is 0 Å². The first-order valence-electron chi connectivity index (χ1n) is 46.0. The first-order chi connectivity index (χ1) is 63.3. The summed E-state index contributed by atoms with van der Waals surface area (Å²) in [6, 6.07) is 18.5. The van der Waals surface area contributed by atoms with Gasteiger partial charge in [0.25, 0.3) is 0 Å². The molecule has 4 aromatic heterocycles. The molecule has 8 bridgehead atoms. The number of methoxy groups -OCH3 is 8. The molecule has 1 aliphatic heterocycles. The third-order valence-corrected chi connectivity index (χ3v) is 21.6. The van der Waals surface area contributed by atoms with Gasteiger partial charge in [0.05, 0.1) is 211 Å². The summed E-state index contributed by atoms with van der Waals surface area (Å²) in [4.78, 5) is 38.9. The van der Waals surface area contributed by atoms with Crippen molar-refractivity contribution in [2.24, 2.45) is 20.0 Å². The van der Waals surface area contributed by atoms with Crippen molar-refractivity contribution in [3.05, 3.63) is 115 Å². The number of fused-ring (bicyclic) bond motifs is 20. The standard InChI is InChI=1S/C96H148N8O24/c1-105-33-41-121-57-49-113-25-9-17-73-65-81-82(66-74(73)18-10-26-114-50-58-122-42-34-106-2)90-97-89(81)101-91-83-67-75(19-11-27-115-51-59-123-43-35-107-3)76(20-12-28-116-52-60-124-44-36-108-4)68-84(83)93(98-91)103-95-87-71-79(23-15-31-119-55-63-127-47-39-111-7)80(24-16-32-120-56-64-128-48-40-112-8)72-88(87)96(100-95)104-94-86-70-78(22-14-30-118-54-62-126-46-38-110-6)77(69-85(86)92(99-94)102-90)21-13-29-117-53-61-125-45-37-109-5/h65-72H,9-64H2,1-8H3,(H4,97,98,99,100,101,102,103,104). The molecule has 716 valence electrons. The molecule has 0 amide bonds. The lowest BCUT2D eigenvalue weighted by molar-refractivity contribution is 0.0242. The number of aromatic amines is 4. The molecule has 0 aliphatic carbocycles. The predicted molar refractivity (Wildman–Crippen MR) is 491 cm³/mol. The van der Waals surface area contributed by atoms with E-state index in [1.807, 2.05) is 0 Å². The first kappa shape index (κ1) is 105. The van der Waals surface area contributed by atoms with Gasteiger partial charge in [-0.05, 0) is 196 Å². The molecule has 0 atom stereocenters. The first-order valence-corrected chi connectivity index (χ1v) is 46.0. The van der Waals surface area contributed by atoms with Gasteiger partial charge < -0.3 is 134 Å². The van der Waals surface area contributed by atoms with Crippen LogP contribution in [-0.2, 0) is 165 Å². The van der Waals surface area contributed by atoms with Crippen molar-refractivity contribution in [3.63, 3.8) is 0 Å². The number of rotatable bonds is 80. The Morgan fingerprint density at radius 2 is 0.281 bits per heavy atom. The molecule has 1 aliphatic rings. The Bertz CT molecular complexity index is 4020. The average molecular weight is 1800 g/mol. The van der Waals surface area contributed by atoms with Crippen molar-refractivity contribution in [1.29, 1.82) is 0 Å². The lowest BCUT2D eigenvalue weighted by Gasteiger charge is -2.12. The van der Waals surface area contributed by atoms with Gasteiger partial charge in [-0.15, -0.1) is 0 Å². The number of ether oxygens (including phenoxy) is 24. The second kappa shape index (κ2) is 65.8. The molecule has 8 aromatic rings. The van der Waals surface area contributed by atoms with E-state index in [2.05, 4.69) is 68.5 Å². The number of nitrogens with zero attached hydrogens (tertiary/aromatic N) is 4. The highest BCUT2D eigenvalue weighted by Gasteiger charge is 2.22. The summed E-state index contributed by atoms with van der Waals surface area (Å²) in [5, 5.41) is 7.17. The summed E-state index contributed by atoms with van der Waals surface area (Å²) in [5.41, 5.74) is 11.9. The van der Waals surface area contributed by atoms with Crippen LogP contribution >= 0.6 is 0 Å². The summed E-state index contributed by atoms with van der Waals surface area (Å²) in [7, 11) is 13.4. The number of H-pyrrole nitrogens is 4. The zero-order valence-corrected chi connectivity index (χ0v) is 77.8. The fourth-order valence-electron chi connectivity index (χ4n) is 15.0. The summed E-state index contributed by atoms with van der Waals surface area (Å²) in [6.45, 7) is 20.1. The molecule has 0 fully saturated rings. The van der Waals surface area contributed by atoms with E-state index in [1.165, 1.54) is 44.5 Å². The second-order valence-electron chi connectivity index (χ2n) is 31.0. The number of aryl methyl sites for hydroxylation is 8. The van der Waals surface area contributed by atoms with Crippen LogP contribution in [-0.4, -0.2) is 341 Å². The van der Waals surface area contributed by atoms with Gasteiger partial charge in [0.15, 0.2) is 0 Å². The van der Waals surface area contributed by atoms with Crippen molar-refractivity contribution < 1.29 is 114 Å². The van der Waals surface area contributed by atoms with Crippen LogP contribution in [0, 0.1) is 0 Å². The summed E-state index contributed by atoms with van der Waals surface area (Å²) >= 11 is 0. The van der Waals surface area contributed by atoms with Crippen LogP contribution in [0.2, 0.25) is 0 Å². The normalized spacial score (nSPS) is 12.3. The van der Waals surface area contributed by atoms with Gasteiger partial charge in [0.1, 0.15) is 45.2 Å². The Morgan fingerprint density at radius 3 is 0.422 bits per heavy atom. The molecule has 4 aromatic carbocycles. The van der Waals surface area contributed by atoms with E-state index in [0.717, 1.165) is 146 Å². The van der Waals surface area contributed by atoms with E-state index in [9.17, 15) is 0 Å². The number of nitrogens with one attached hydrogen (secondary N) is 4. The van der Waals surface area contributed by atoms with E-state index in [1.54, 1.807) is 56.9 Å². The number of benzene rings is 4. The molecular formula is C96H148N8O24. The van der Waals surface area contributed by atoms with Gasteiger partial charge >= 0.3 is 0 Å². The topological polar surface area (TPSA) is 334 Å². The zero-order chi connectivity index (χ0) is 89.7. The van der Waals surface area contributed by atoms with E-state index >= 15 is 0 Å². The Balaban J connectivity index is 1.28. The third-order valence-electron chi connectivity index (χ3n) is 21.6. The molecule has 9 rings (SSSR count). The number of hydrogen-bond donors (Lipinski definition) is 4. The quantitative estimate of drug-likeness (QED) is 0.0257. The predicted octanol–water partition coefficient (Wildman–Crippen LogP) is 10.6. The Morgan fingerprint density at radius 1 is 0.156 bits per heavy atom. The van der Waals surface area contributed by atoms with Gasteiger partial charge in [-0.1, -0.05) is 0 Å². The second-order valence-corrected chi connectivity index (χ2v) is 31.0. The summed E-state index contributed by atoms with van der Waals surface area (Å²) < 4.78 is 138. The Hall–Kier alpha value is -6.72. The number of hydrogen-bond acceptors (Lipinski definition) is 28. The molecule has 0 saturated heterocycles. The third kappa shape index (κ3) is 38.1. The Kier molecular flexibility index (Phi) is 54.0. The fraction of sp³-hybridized carbons (Fsp3) is 0.667. The molecule has 0 radical (unpaired) electrons. The van der Waals surface area contributed by atoms with Crippen molar-refractivity contribution >= 4 is 66.4 Å². The van der Waals surface area contributed by atoms with Crippen molar-refractivity contribution in [2.45, 2.75) is 103 Å². The highest BCUT2D eigenvalue weighted by atomic mass is 16.6. The molecule has 32 nitrogen and oxygen atoms in total. The van der Waals surface area contributed by atoms with Gasteiger partial charge in [-0.3, -0.25) is 0 Å². The molecular weight excluding hydrogens is 1650 g/mol. The van der Waals surface area contributed by atoms with Gasteiger partial charge in [-0.25, -0.2) is 20.0 Å². The largest absolute Gasteiger partial charge is 0.382 e. The molecule has 128 heavy (non-hydrogen) atoms. The van der Waals surface area contributed by atoms with Crippen LogP contribution in [0.15, 0.2) is 68.5 Å². The van der Waals surface area contributed by atoms with E-state index in [0.29, 0.717) is 309 Å². The SMILES string of the molecule is COCCOCCOCCCc1cc2c3[nH]c(c2cc1CCCOCCOCCOC)N=c1[nH]c(c2cc(CCCOCCOCCOC)c(CCCOCCOCCOC)cc12)=Nc1[nH]c(c2cc(CCCOCCOCCOC)c(CCCOCCOCCOC)cc12)N=c1[nH]c(c2cc(CCCOCCOCCOC)c(CCCOCCOCCOC)cc12)=N3. The highest BCUT2D eigenvalue weighted by Crippen LogP contribution is 2.39. The Labute approximate surface area is 755 Å². The minimum absolute atomic E-state index is 0.471.